The van der Waals surface area contributed by atoms with E-state index in [1.54, 1.807) is 0 Å². The molecule has 0 bridgehead atoms. The predicted octanol–water partition coefficient (Wildman–Crippen LogP) is 3.30. The van der Waals surface area contributed by atoms with Gasteiger partial charge in [0.25, 0.3) is 0 Å². The summed E-state index contributed by atoms with van der Waals surface area (Å²) in [4.78, 5) is 0. The predicted molar refractivity (Wildman–Crippen MR) is 69.4 cm³/mol. The molecule has 1 aliphatic heterocycles. The van der Waals surface area contributed by atoms with Gasteiger partial charge in [0.2, 0.25) is 0 Å². The van der Waals surface area contributed by atoms with E-state index < -0.39 is 0 Å². The van der Waals surface area contributed by atoms with Crippen LogP contribution in [0.25, 0.3) is 0 Å². The van der Waals surface area contributed by atoms with E-state index in [1.165, 1.54) is 37.2 Å². The first-order valence-corrected chi connectivity index (χ1v) is 7.54. The maximum atomic E-state index is 3.82. The van der Waals surface area contributed by atoms with Crippen LogP contribution >= 0.6 is 11.8 Å². The molecule has 1 aliphatic carbocycles. The van der Waals surface area contributed by atoms with Gasteiger partial charge in [-0.1, -0.05) is 26.7 Å². The molecule has 0 spiro atoms. The summed E-state index contributed by atoms with van der Waals surface area (Å²) >= 11 is 2.12. The normalized spacial score (nSPS) is 32.6. The van der Waals surface area contributed by atoms with Gasteiger partial charge in [0.15, 0.2) is 0 Å². The minimum Gasteiger partial charge on any atom is -0.311 e. The van der Waals surface area contributed by atoms with Crippen LogP contribution < -0.4 is 5.32 Å². The van der Waals surface area contributed by atoms with Gasteiger partial charge in [-0.2, -0.15) is 11.8 Å². The Hall–Kier alpha value is 0.310. The number of nitrogens with one attached hydrogen (secondary N) is 1. The van der Waals surface area contributed by atoms with Gasteiger partial charge in [-0.05, 0) is 36.9 Å². The molecule has 0 amide bonds. The molecule has 1 N–H and O–H groups in total. The van der Waals surface area contributed by atoms with Gasteiger partial charge < -0.3 is 5.32 Å². The second-order valence-electron chi connectivity index (χ2n) is 6.33. The van der Waals surface area contributed by atoms with Crippen LogP contribution in [0.5, 0.6) is 0 Å². The maximum absolute atomic E-state index is 3.82. The quantitative estimate of drug-likeness (QED) is 0.791. The first kappa shape index (κ1) is 11.8. The Morgan fingerprint density at radius 2 is 2.13 bits per heavy atom. The van der Waals surface area contributed by atoms with Crippen molar-refractivity contribution in [3.63, 3.8) is 0 Å². The summed E-state index contributed by atoms with van der Waals surface area (Å²) in [5.74, 6) is 3.71. The van der Waals surface area contributed by atoms with Crippen LogP contribution in [0.1, 0.15) is 46.5 Å². The van der Waals surface area contributed by atoms with Crippen molar-refractivity contribution in [2.45, 2.75) is 58.5 Å². The fraction of sp³-hybridized carbons (Fsp3) is 1.00. The van der Waals surface area contributed by atoms with E-state index in [4.69, 9.17) is 0 Å². The SMILES string of the molecule is CC(CC1CC1)NC1CSCC(C)(C)C1. The minimum absolute atomic E-state index is 0.542. The van der Waals surface area contributed by atoms with Crippen molar-refractivity contribution in [2.75, 3.05) is 11.5 Å². The van der Waals surface area contributed by atoms with Crippen LogP contribution in [0.15, 0.2) is 0 Å². The monoisotopic (exact) mass is 227 g/mol. The molecule has 2 atom stereocenters. The average molecular weight is 227 g/mol. The summed E-state index contributed by atoms with van der Waals surface area (Å²) in [6.45, 7) is 7.17. The highest BCUT2D eigenvalue weighted by atomic mass is 32.2. The molecule has 2 aliphatic rings. The first-order chi connectivity index (χ1) is 7.05. The third-order valence-electron chi connectivity index (χ3n) is 3.51. The van der Waals surface area contributed by atoms with Gasteiger partial charge >= 0.3 is 0 Å². The van der Waals surface area contributed by atoms with Gasteiger partial charge in [0.1, 0.15) is 0 Å². The minimum atomic E-state index is 0.542. The maximum Gasteiger partial charge on any atom is 0.0166 e. The summed E-state index contributed by atoms with van der Waals surface area (Å²) < 4.78 is 0. The smallest absolute Gasteiger partial charge is 0.0166 e. The fourth-order valence-corrected chi connectivity index (χ4v) is 3.98. The molecule has 1 heterocycles. The molecule has 0 aromatic carbocycles. The lowest BCUT2D eigenvalue weighted by molar-refractivity contribution is 0.298. The molecule has 2 fully saturated rings. The lowest BCUT2D eigenvalue weighted by atomic mass is 9.87. The largest absolute Gasteiger partial charge is 0.311 e. The molecule has 0 aromatic heterocycles. The highest BCUT2D eigenvalue weighted by Crippen LogP contribution is 2.35. The molecule has 2 heteroatoms. The zero-order chi connectivity index (χ0) is 10.9. The van der Waals surface area contributed by atoms with Crippen LogP contribution in [-0.2, 0) is 0 Å². The number of rotatable bonds is 4. The highest BCUT2D eigenvalue weighted by Gasteiger charge is 2.30. The summed E-state index contributed by atoms with van der Waals surface area (Å²) in [6, 6.07) is 1.49. The van der Waals surface area contributed by atoms with E-state index >= 15 is 0 Å². The van der Waals surface area contributed by atoms with Gasteiger partial charge in [-0.25, -0.2) is 0 Å². The molecule has 2 rings (SSSR count). The van der Waals surface area contributed by atoms with Crippen molar-refractivity contribution in [3.05, 3.63) is 0 Å². The molecule has 1 saturated carbocycles. The van der Waals surface area contributed by atoms with Crippen LogP contribution in [0.2, 0.25) is 0 Å². The highest BCUT2D eigenvalue weighted by molar-refractivity contribution is 7.99. The average Bonchev–Trinajstić information content (AvgIpc) is 2.85. The summed E-state index contributed by atoms with van der Waals surface area (Å²) in [7, 11) is 0. The van der Waals surface area contributed by atoms with E-state index in [0.717, 1.165) is 18.0 Å². The Morgan fingerprint density at radius 1 is 1.40 bits per heavy atom. The molecule has 15 heavy (non-hydrogen) atoms. The molecule has 0 aromatic rings. The lowest BCUT2D eigenvalue weighted by Gasteiger charge is -2.36. The second kappa shape index (κ2) is 4.67. The molecule has 2 unspecified atom stereocenters. The lowest BCUT2D eigenvalue weighted by Crippen LogP contribution is -2.44. The molecule has 0 radical (unpaired) electrons. The zero-order valence-corrected chi connectivity index (χ0v) is 11.2. The van der Waals surface area contributed by atoms with E-state index in [0.29, 0.717) is 5.41 Å². The Kier molecular flexibility index (Phi) is 3.67. The van der Waals surface area contributed by atoms with Crippen molar-refractivity contribution in [1.29, 1.82) is 0 Å². The number of thioether (sulfide) groups is 1. The Bertz CT molecular complexity index is 211. The summed E-state index contributed by atoms with van der Waals surface area (Å²) in [5.41, 5.74) is 0.542. The van der Waals surface area contributed by atoms with Gasteiger partial charge in [-0.3, -0.25) is 0 Å². The van der Waals surface area contributed by atoms with Gasteiger partial charge in [-0.15, -0.1) is 0 Å². The van der Waals surface area contributed by atoms with E-state index in [-0.39, 0.29) is 0 Å². The van der Waals surface area contributed by atoms with Crippen molar-refractivity contribution >= 4 is 11.8 Å². The molecular formula is C13H25NS. The zero-order valence-electron chi connectivity index (χ0n) is 10.4. The number of hydrogen-bond acceptors (Lipinski definition) is 2. The Morgan fingerprint density at radius 3 is 2.73 bits per heavy atom. The van der Waals surface area contributed by atoms with Gasteiger partial charge in [0.05, 0.1) is 0 Å². The van der Waals surface area contributed by atoms with Crippen LogP contribution in [0, 0.1) is 11.3 Å². The third-order valence-corrected chi connectivity index (χ3v) is 5.14. The molecular weight excluding hydrogens is 202 g/mol. The standard InChI is InChI=1S/C13H25NS/c1-10(6-11-4-5-11)14-12-7-13(2,3)9-15-8-12/h10-12,14H,4-9H2,1-3H3. The van der Waals surface area contributed by atoms with Crippen molar-refractivity contribution < 1.29 is 0 Å². The van der Waals surface area contributed by atoms with Crippen molar-refractivity contribution in [3.8, 4) is 0 Å². The summed E-state index contributed by atoms with van der Waals surface area (Å²) in [5, 5.41) is 3.82. The van der Waals surface area contributed by atoms with E-state index in [2.05, 4.69) is 37.8 Å². The van der Waals surface area contributed by atoms with Crippen molar-refractivity contribution in [2.24, 2.45) is 11.3 Å². The van der Waals surface area contributed by atoms with Crippen molar-refractivity contribution in [1.82, 2.24) is 5.32 Å². The van der Waals surface area contributed by atoms with Crippen LogP contribution in [-0.4, -0.2) is 23.6 Å². The Labute approximate surface area is 98.8 Å². The summed E-state index contributed by atoms with van der Waals surface area (Å²) in [6.07, 6.45) is 5.73. The third kappa shape index (κ3) is 3.99. The Balaban J connectivity index is 1.72. The molecule has 1 nitrogen and oxygen atoms in total. The molecule has 88 valence electrons. The van der Waals surface area contributed by atoms with Crippen LogP contribution in [0.3, 0.4) is 0 Å². The van der Waals surface area contributed by atoms with Crippen LogP contribution in [0.4, 0.5) is 0 Å². The first-order valence-electron chi connectivity index (χ1n) is 6.39. The number of hydrogen-bond donors (Lipinski definition) is 1. The van der Waals surface area contributed by atoms with E-state index in [9.17, 15) is 0 Å². The second-order valence-corrected chi connectivity index (χ2v) is 7.36. The fourth-order valence-electron chi connectivity index (χ4n) is 2.69. The van der Waals surface area contributed by atoms with E-state index in [1.807, 2.05) is 0 Å². The van der Waals surface area contributed by atoms with Gasteiger partial charge in [0, 0.05) is 17.8 Å². The molecule has 1 saturated heterocycles. The topological polar surface area (TPSA) is 12.0 Å².